The van der Waals surface area contributed by atoms with Gasteiger partial charge in [-0.1, -0.05) is 0 Å². The molecule has 0 saturated carbocycles. The number of nitrogens with one attached hydrogen (secondary N) is 2. The Bertz CT molecular complexity index is 586. The van der Waals surface area contributed by atoms with Gasteiger partial charge in [0.05, 0.1) is 12.2 Å². The number of hydrogen-bond acceptors (Lipinski definition) is 4. The maximum absolute atomic E-state index is 11.8. The average molecular weight is 333 g/mol. The van der Waals surface area contributed by atoms with Gasteiger partial charge in [0.1, 0.15) is 0 Å². The predicted octanol–water partition coefficient (Wildman–Crippen LogP) is 2.00. The Labute approximate surface area is 141 Å². The summed E-state index contributed by atoms with van der Waals surface area (Å²) in [6.45, 7) is 4.06. The van der Waals surface area contributed by atoms with E-state index in [-0.39, 0.29) is 17.9 Å². The lowest BCUT2D eigenvalue weighted by molar-refractivity contribution is -0.127. The van der Waals surface area contributed by atoms with E-state index >= 15 is 0 Å². The molecule has 1 saturated heterocycles. The molecule has 1 fully saturated rings. The first kappa shape index (κ1) is 17.8. The second kappa shape index (κ2) is 8.90. The van der Waals surface area contributed by atoms with E-state index in [1.54, 1.807) is 31.2 Å². The molecule has 1 aromatic carbocycles. The summed E-state index contributed by atoms with van der Waals surface area (Å²) in [6.07, 6.45) is 2.28. The zero-order valence-electron chi connectivity index (χ0n) is 13.8. The number of anilines is 1. The summed E-state index contributed by atoms with van der Waals surface area (Å²) in [6, 6.07) is 6.19. The normalized spacial score (nSPS) is 13.7. The monoisotopic (exact) mass is 333 g/mol. The van der Waals surface area contributed by atoms with Gasteiger partial charge in [-0.15, -0.1) is 0 Å². The summed E-state index contributed by atoms with van der Waals surface area (Å²) in [5, 5.41) is 5.44. The van der Waals surface area contributed by atoms with Crippen LogP contribution in [0, 0.1) is 0 Å². The largest absolute Gasteiger partial charge is 0.462 e. The number of carbonyl (C=O) groups excluding carboxylic acids is 3. The number of hydrogen-bond donors (Lipinski definition) is 2. The second-order valence-electron chi connectivity index (χ2n) is 5.52. The van der Waals surface area contributed by atoms with E-state index in [0.717, 1.165) is 19.4 Å². The van der Waals surface area contributed by atoms with Gasteiger partial charge in [0, 0.05) is 31.7 Å². The van der Waals surface area contributed by atoms with Gasteiger partial charge >= 0.3 is 12.0 Å². The van der Waals surface area contributed by atoms with Crippen molar-refractivity contribution in [3.63, 3.8) is 0 Å². The fourth-order valence-electron chi connectivity index (χ4n) is 2.49. The lowest BCUT2D eigenvalue weighted by Crippen LogP contribution is -2.33. The van der Waals surface area contributed by atoms with Crippen LogP contribution in [0.3, 0.4) is 0 Å². The van der Waals surface area contributed by atoms with Crippen LogP contribution in [-0.4, -0.2) is 49.0 Å². The maximum atomic E-state index is 11.8. The smallest absolute Gasteiger partial charge is 0.338 e. The van der Waals surface area contributed by atoms with E-state index < -0.39 is 0 Å². The van der Waals surface area contributed by atoms with Crippen molar-refractivity contribution in [2.24, 2.45) is 0 Å². The Hall–Kier alpha value is -2.57. The zero-order valence-corrected chi connectivity index (χ0v) is 13.8. The zero-order chi connectivity index (χ0) is 17.4. The fourth-order valence-corrected chi connectivity index (χ4v) is 2.49. The van der Waals surface area contributed by atoms with Crippen LogP contribution in [0.4, 0.5) is 10.5 Å². The molecule has 7 heteroatoms. The van der Waals surface area contributed by atoms with Gasteiger partial charge in [0.15, 0.2) is 0 Å². The minimum absolute atomic E-state index is 0.196. The predicted molar refractivity (Wildman–Crippen MR) is 89.9 cm³/mol. The number of likely N-dealkylation sites (tertiary alicyclic amines) is 1. The van der Waals surface area contributed by atoms with Crippen molar-refractivity contribution in [1.29, 1.82) is 0 Å². The average Bonchev–Trinajstić information content (AvgIpc) is 2.97. The lowest BCUT2D eigenvalue weighted by Gasteiger charge is -2.15. The molecule has 24 heavy (non-hydrogen) atoms. The van der Waals surface area contributed by atoms with Gasteiger partial charge in [0.2, 0.25) is 5.91 Å². The molecule has 1 aromatic rings. The van der Waals surface area contributed by atoms with Crippen molar-refractivity contribution in [3.05, 3.63) is 29.8 Å². The summed E-state index contributed by atoms with van der Waals surface area (Å²) in [5.74, 6) is -0.189. The summed E-state index contributed by atoms with van der Waals surface area (Å²) in [7, 11) is 0. The van der Waals surface area contributed by atoms with Crippen molar-refractivity contribution in [2.75, 3.05) is 31.6 Å². The van der Waals surface area contributed by atoms with Gasteiger partial charge in [-0.2, -0.15) is 0 Å². The highest BCUT2D eigenvalue weighted by Crippen LogP contribution is 2.11. The SMILES string of the molecule is CCOC(=O)c1ccc(NC(=O)NCCCN2CCCC2=O)cc1. The van der Waals surface area contributed by atoms with Gasteiger partial charge in [-0.3, -0.25) is 4.79 Å². The topological polar surface area (TPSA) is 87.7 Å². The molecule has 1 aliphatic rings. The Morgan fingerprint density at radius 3 is 2.62 bits per heavy atom. The van der Waals surface area contributed by atoms with Gasteiger partial charge < -0.3 is 20.3 Å². The Morgan fingerprint density at radius 1 is 1.25 bits per heavy atom. The molecule has 2 N–H and O–H groups in total. The molecule has 3 amide bonds. The first-order chi connectivity index (χ1) is 11.6. The minimum Gasteiger partial charge on any atom is -0.462 e. The summed E-state index contributed by atoms with van der Waals surface area (Å²) in [4.78, 5) is 36.6. The third kappa shape index (κ3) is 5.26. The van der Waals surface area contributed by atoms with Crippen LogP contribution in [-0.2, 0) is 9.53 Å². The quantitative estimate of drug-likeness (QED) is 0.590. The van der Waals surface area contributed by atoms with E-state index in [2.05, 4.69) is 10.6 Å². The number of ether oxygens (including phenoxy) is 1. The van der Waals surface area contributed by atoms with Crippen LogP contribution in [0.15, 0.2) is 24.3 Å². The summed E-state index contributed by atoms with van der Waals surface area (Å²) < 4.78 is 4.90. The van der Waals surface area contributed by atoms with Gasteiger partial charge in [-0.05, 0) is 44.0 Å². The molecular formula is C17H23N3O4. The number of benzene rings is 1. The molecule has 0 radical (unpaired) electrons. The molecule has 0 unspecified atom stereocenters. The number of carbonyl (C=O) groups is 3. The van der Waals surface area contributed by atoms with Crippen LogP contribution in [0.1, 0.15) is 36.5 Å². The van der Waals surface area contributed by atoms with Gasteiger partial charge in [-0.25, -0.2) is 9.59 Å². The van der Waals surface area contributed by atoms with Crippen LogP contribution in [0.2, 0.25) is 0 Å². The van der Waals surface area contributed by atoms with Crippen LogP contribution in [0.25, 0.3) is 0 Å². The van der Waals surface area contributed by atoms with Crippen molar-refractivity contribution in [1.82, 2.24) is 10.2 Å². The van der Waals surface area contributed by atoms with E-state index in [1.807, 2.05) is 4.90 Å². The first-order valence-electron chi connectivity index (χ1n) is 8.20. The molecular weight excluding hydrogens is 310 g/mol. The Balaban J connectivity index is 1.68. The number of nitrogens with zero attached hydrogens (tertiary/aromatic N) is 1. The van der Waals surface area contributed by atoms with Crippen LogP contribution < -0.4 is 10.6 Å². The van der Waals surface area contributed by atoms with Crippen LogP contribution in [0.5, 0.6) is 0 Å². The molecule has 1 heterocycles. The summed E-state index contributed by atoms with van der Waals surface area (Å²) in [5.41, 5.74) is 1.04. The second-order valence-corrected chi connectivity index (χ2v) is 5.52. The van der Waals surface area contributed by atoms with Crippen molar-refractivity contribution in [3.8, 4) is 0 Å². The Morgan fingerprint density at radius 2 is 2.00 bits per heavy atom. The lowest BCUT2D eigenvalue weighted by atomic mass is 10.2. The third-order valence-electron chi connectivity index (χ3n) is 3.72. The fraction of sp³-hybridized carbons (Fsp3) is 0.471. The molecule has 0 spiro atoms. The molecule has 0 bridgehead atoms. The van der Waals surface area contributed by atoms with Crippen LogP contribution >= 0.6 is 0 Å². The summed E-state index contributed by atoms with van der Waals surface area (Å²) >= 11 is 0. The molecule has 0 aromatic heterocycles. The number of esters is 1. The highest BCUT2D eigenvalue weighted by Gasteiger charge is 2.19. The maximum Gasteiger partial charge on any atom is 0.338 e. The standard InChI is InChI=1S/C17H23N3O4/c1-2-24-16(22)13-6-8-14(9-7-13)19-17(23)18-10-4-12-20-11-3-5-15(20)21/h6-9H,2-5,10-12H2,1H3,(H2,18,19,23). The molecule has 2 rings (SSSR count). The number of rotatable bonds is 7. The first-order valence-corrected chi connectivity index (χ1v) is 8.20. The third-order valence-corrected chi connectivity index (χ3v) is 3.72. The highest BCUT2D eigenvalue weighted by molar-refractivity contribution is 5.92. The number of amides is 3. The molecule has 0 aliphatic carbocycles. The molecule has 1 aliphatic heterocycles. The van der Waals surface area contributed by atoms with E-state index in [0.29, 0.717) is 37.4 Å². The minimum atomic E-state index is -0.384. The van der Waals surface area contributed by atoms with Crippen molar-refractivity contribution >= 4 is 23.6 Å². The van der Waals surface area contributed by atoms with E-state index in [4.69, 9.17) is 4.74 Å². The van der Waals surface area contributed by atoms with Crippen molar-refractivity contribution < 1.29 is 19.1 Å². The highest BCUT2D eigenvalue weighted by atomic mass is 16.5. The van der Waals surface area contributed by atoms with E-state index in [1.165, 1.54) is 0 Å². The Kier molecular flexibility index (Phi) is 6.60. The van der Waals surface area contributed by atoms with Gasteiger partial charge in [0.25, 0.3) is 0 Å². The number of urea groups is 1. The molecule has 7 nitrogen and oxygen atoms in total. The molecule has 0 atom stereocenters. The van der Waals surface area contributed by atoms with E-state index in [9.17, 15) is 14.4 Å². The van der Waals surface area contributed by atoms with Crippen molar-refractivity contribution in [2.45, 2.75) is 26.2 Å². The molecule has 130 valence electrons.